The molecule has 6 heteroatoms. The third kappa shape index (κ3) is 1.95. The fourth-order valence-electron chi connectivity index (χ4n) is 1.54. The minimum atomic E-state index is -3.85. The van der Waals surface area contributed by atoms with Gasteiger partial charge >= 0.3 is 0 Å². The number of halogens is 1. The topological polar surface area (TPSA) is 46.6 Å². The van der Waals surface area contributed by atoms with Crippen molar-refractivity contribution >= 4 is 10.0 Å². The largest absolute Gasteiger partial charge is 0.284 e. The van der Waals surface area contributed by atoms with Crippen molar-refractivity contribution < 1.29 is 17.6 Å². The maximum atomic E-state index is 13.5. The number of rotatable bonds is 2. The Hall–Kier alpha value is -0.980. The molecule has 0 atom stereocenters. The molecule has 4 nitrogen and oxygen atoms in total. The normalized spacial score (nSPS) is 17.9. The van der Waals surface area contributed by atoms with E-state index in [-0.39, 0.29) is 11.4 Å². The zero-order valence-electron chi connectivity index (χ0n) is 8.81. The Bertz CT molecular complexity index is 495. The van der Waals surface area contributed by atoms with Gasteiger partial charge in [-0.1, -0.05) is 10.5 Å². The van der Waals surface area contributed by atoms with Gasteiger partial charge in [0.1, 0.15) is 10.7 Å². The summed E-state index contributed by atoms with van der Waals surface area (Å²) in [5.74, 6) is -0.740. The molecule has 0 spiro atoms. The summed E-state index contributed by atoms with van der Waals surface area (Å²) < 4.78 is 38.2. The molecule has 0 aliphatic carbocycles. The minimum absolute atomic E-state index is 0.273. The third-order valence-corrected chi connectivity index (χ3v) is 4.06. The lowest BCUT2D eigenvalue weighted by Crippen LogP contribution is -2.27. The highest BCUT2D eigenvalue weighted by Crippen LogP contribution is 2.22. The Kier molecular flexibility index (Phi) is 2.96. The SMILES string of the molecule is Cc1ccc(S(=O)(=O)N2CCCO2)c(F)c1. The lowest BCUT2D eigenvalue weighted by Gasteiger charge is -2.14. The van der Waals surface area contributed by atoms with Crippen LogP contribution in [0.15, 0.2) is 23.1 Å². The summed E-state index contributed by atoms with van der Waals surface area (Å²) in [5, 5.41) is 0. The summed E-state index contributed by atoms with van der Waals surface area (Å²) in [4.78, 5) is 4.60. The fraction of sp³-hybridized carbons (Fsp3) is 0.400. The van der Waals surface area contributed by atoms with Crippen molar-refractivity contribution in [1.82, 2.24) is 4.47 Å². The predicted molar refractivity (Wildman–Crippen MR) is 55.6 cm³/mol. The summed E-state index contributed by atoms with van der Waals surface area (Å²) in [6.45, 7) is 2.33. The molecule has 1 aromatic carbocycles. The monoisotopic (exact) mass is 245 g/mol. The van der Waals surface area contributed by atoms with E-state index >= 15 is 0 Å². The van der Waals surface area contributed by atoms with Crippen LogP contribution in [0.1, 0.15) is 12.0 Å². The van der Waals surface area contributed by atoms with Crippen molar-refractivity contribution in [1.29, 1.82) is 0 Å². The van der Waals surface area contributed by atoms with Gasteiger partial charge in [0.15, 0.2) is 0 Å². The van der Waals surface area contributed by atoms with E-state index in [0.717, 1.165) is 4.47 Å². The maximum absolute atomic E-state index is 13.5. The number of hydroxylamine groups is 1. The van der Waals surface area contributed by atoms with E-state index in [4.69, 9.17) is 4.84 Å². The van der Waals surface area contributed by atoms with E-state index in [0.29, 0.717) is 18.6 Å². The molecule has 2 rings (SSSR count). The highest BCUT2D eigenvalue weighted by atomic mass is 32.2. The average Bonchev–Trinajstić information content (AvgIpc) is 2.69. The number of aryl methyl sites for hydroxylation is 1. The highest BCUT2D eigenvalue weighted by molar-refractivity contribution is 7.89. The van der Waals surface area contributed by atoms with Crippen LogP contribution in [-0.4, -0.2) is 26.0 Å². The zero-order valence-corrected chi connectivity index (χ0v) is 9.63. The first-order valence-electron chi connectivity index (χ1n) is 4.93. The molecule has 0 radical (unpaired) electrons. The zero-order chi connectivity index (χ0) is 11.8. The molecule has 16 heavy (non-hydrogen) atoms. The summed E-state index contributed by atoms with van der Waals surface area (Å²) in [6, 6.07) is 4.02. The van der Waals surface area contributed by atoms with Crippen LogP contribution >= 0.6 is 0 Å². The van der Waals surface area contributed by atoms with Gasteiger partial charge in [-0.05, 0) is 31.0 Å². The quantitative estimate of drug-likeness (QED) is 0.792. The first-order chi connectivity index (χ1) is 7.51. The van der Waals surface area contributed by atoms with Crippen molar-refractivity contribution in [3.63, 3.8) is 0 Å². The summed E-state index contributed by atoms with van der Waals surface area (Å²) in [5.41, 5.74) is 0.679. The van der Waals surface area contributed by atoms with Crippen molar-refractivity contribution in [3.8, 4) is 0 Å². The Morgan fingerprint density at radius 1 is 1.44 bits per heavy atom. The van der Waals surface area contributed by atoms with Crippen LogP contribution in [-0.2, 0) is 14.9 Å². The summed E-state index contributed by atoms with van der Waals surface area (Å²) in [7, 11) is -3.85. The maximum Gasteiger partial charge on any atom is 0.267 e. The molecular formula is C10H12FNO3S. The molecule has 1 aliphatic heterocycles. The van der Waals surface area contributed by atoms with Crippen molar-refractivity contribution in [2.75, 3.05) is 13.2 Å². The number of sulfonamides is 1. The van der Waals surface area contributed by atoms with Gasteiger partial charge in [-0.25, -0.2) is 12.8 Å². The summed E-state index contributed by atoms with van der Waals surface area (Å²) >= 11 is 0. The van der Waals surface area contributed by atoms with Crippen LogP contribution in [0.3, 0.4) is 0 Å². The molecule has 0 unspecified atom stereocenters. The molecule has 0 aromatic heterocycles. The van der Waals surface area contributed by atoms with Gasteiger partial charge < -0.3 is 0 Å². The van der Waals surface area contributed by atoms with Crippen LogP contribution < -0.4 is 0 Å². The van der Waals surface area contributed by atoms with E-state index in [1.807, 2.05) is 0 Å². The van der Waals surface area contributed by atoms with E-state index in [1.165, 1.54) is 12.1 Å². The smallest absolute Gasteiger partial charge is 0.267 e. The van der Waals surface area contributed by atoms with E-state index < -0.39 is 15.8 Å². The Morgan fingerprint density at radius 2 is 2.19 bits per heavy atom. The molecule has 0 amide bonds. The Labute approximate surface area is 93.6 Å². The first kappa shape index (κ1) is 11.5. The van der Waals surface area contributed by atoms with E-state index in [2.05, 4.69) is 0 Å². The van der Waals surface area contributed by atoms with Crippen molar-refractivity contribution in [2.24, 2.45) is 0 Å². The molecule has 1 aliphatic rings. The number of hydrogen-bond acceptors (Lipinski definition) is 3. The van der Waals surface area contributed by atoms with E-state index in [1.54, 1.807) is 13.0 Å². The van der Waals surface area contributed by atoms with Gasteiger partial charge in [0.25, 0.3) is 10.0 Å². The van der Waals surface area contributed by atoms with Crippen molar-refractivity contribution in [3.05, 3.63) is 29.6 Å². The number of hydrogen-bond donors (Lipinski definition) is 0. The van der Waals surface area contributed by atoms with Gasteiger partial charge in [-0.15, -0.1) is 0 Å². The molecule has 1 fully saturated rings. The number of nitrogens with zero attached hydrogens (tertiary/aromatic N) is 1. The highest BCUT2D eigenvalue weighted by Gasteiger charge is 2.30. The molecule has 88 valence electrons. The van der Waals surface area contributed by atoms with Crippen LogP contribution in [0.4, 0.5) is 4.39 Å². The lowest BCUT2D eigenvalue weighted by atomic mass is 10.2. The molecule has 0 saturated carbocycles. The Balaban J connectivity index is 2.42. The van der Waals surface area contributed by atoms with Gasteiger partial charge in [0, 0.05) is 6.54 Å². The average molecular weight is 245 g/mol. The second-order valence-corrected chi connectivity index (χ2v) is 5.45. The third-order valence-electron chi connectivity index (χ3n) is 2.35. The molecule has 0 N–H and O–H groups in total. The first-order valence-corrected chi connectivity index (χ1v) is 6.37. The molecule has 1 heterocycles. The van der Waals surface area contributed by atoms with Crippen LogP contribution in [0.25, 0.3) is 0 Å². The van der Waals surface area contributed by atoms with Gasteiger partial charge in [-0.3, -0.25) is 4.84 Å². The second-order valence-electron chi connectivity index (χ2n) is 3.65. The van der Waals surface area contributed by atoms with Crippen molar-refractivity contribution in [2.45, 2.75) is 18.2 Å². The fourth-order valence-corrected chi connectivity index (χ4v) is 2.89. The second kappa shape index (κ2) is 4.12. The van der Waals surface area contributed by atoms with Gasteiger partial charge in [0.2, 0.25) is 0 Å². The lowest BCUT2D eigenvalue weighted by molar-refractivity contribution is -0.0286. The minimum Gasteiger partial charge on any atom is -0.284 e. The Morgan fingerprint density at radius 3 is 2.75 bits per heavy atom. The standard InChI is InChI=1S/C10H12FNO3S/c1-8-3-4-10(9(11)7-8)16(13,14)12-5-2-6-15-12/h3-4,7H,2,5-6H2,1H3. The van der Waals surface area contributed by atoms with Crippen LogP contribution in [0, 0.1) is 12.7 Å². The number of benzene rings is 1. The van der Waals surface area contributed by atoms with Crippen LogP contribution in [0.2, 0.25) is 0 Å². The van der Waals surface area contributed by atoms with Gasteiger partial charge in [0.05, 0.1) is 6.61 Å². The molecular weight excluding hydrogens is 233 g/mol. The van der Waals surface area contributed by atoms with Gasteiger partial charge in [-0.2, -0.15) is 0 Å². The van der Waals surface area contributed by atoms with E-state index in [9.17, 15) is 12.8 Å². The molecule has 1 saturated heterocycles. The molecule has 1 aromatic rings. The summed E-state index contributed by atoms with van der Waals surface area (Å²) in [6.07, 6.45) is 0.632. The predicted octanol–water partition coefficient (Wildman–Crippen LogP) is 1.46. The molecule has 0 bridgehead atoms. The van der Waals surface area contributed by atoms with Crippen LogP contribution in [0.5, 0.6) is 0 Å².